The van der Waals surface area contributed by atoms with Crippen molar-refractivity contribution in [1.82, 2.24) is 14.6 Å². The second kappa shape index (κ2) is 4.98. The van der Waals surface area contributed by atoms with Crippen molar-refractivity contribution in [2.75, 3.05) is 12.8 Å². The van der Waals surface area contributed by atoms with Crippen LogP contribution in [0.3, 0.4) is 0 Å². The highest BCUT2D eigenvalue weighted by Gasteiger charge is 2.15. The number of pyridine rings is 1. The van der Waals surface area contributed by atoms with Crippen molar-refractivity contribution in [3.8, 4) is 16.9 Å². The van der Waals surface area contributed by atoms with Gasteiger partial charge < -0.3 is 10.5 Å². The third-order valence-electron chi connectivity index (χ3n) is 4.21. The molecule has 0 aliphatic rings. The van der Waals surface area contributed by atoms with Crippen LogP contribution in [0.25, 0.3) is 27.7 Å². The van der Waals surface area contributed by atoms with Gasteiger partial charge in [0.25, 0.3) is 0 Å². The van der Waals surface area contributed by atoms with E-state index in [1.165, 1.54) is 0 Å². The molecule has 114 valence electrons. The summed E-state index contributed by atoms with van der Waals surface area (Å²) >= 11 is 0. The minimum atomic E-state index is 0.744. The summed E-state index contributed by atoms with van der Waals surface area (Å²) in [5.74, 6) is 0.828. The molecule has 0 aliphatic carbocycles. The quantitative estimate of drug-likeness (QED) is 0.576. The van der Waals surface area contributed by atoms with E-state index in [0.717, 1.165) is 44.7 Å². The van der Waals surface area contributed by atoms with Crippen LogP contribution in [-0.4, -0.2) is 21.7 Å². The number of hydrogen-bond acceptors (Lipinski definition) is 4. The molecule has 0 saturated carbocycles. The van der Waals surface area contributed by atoms with Gasteiger partial charge in [-0.05, 0) is 48.4 Å². The van der Waals surface area contributed by atoms with Crippen LogP contribution in [0, 0.1) is 6.92 Å². The van der Waals surface area contributed by atoms with Gasteiger partial charge in [-0.3, -0.25) is 4.40 Å². The normalized spacial score (nSPS) is 11.2. The van der Waals surface area contributed by atoms with Crippen molar-refractivity contribution in [2.24, 2.45) is 0 Å². The van der Waals surface area contributed by atoms with E-state index in [4.69, 9.17) is 10.5 Å². The summed E-state index contributed by atoms with van der Waals surface area (Å²) < 4.78 is 7.25. The van der Waals surface area contributed by atoms with E-state index in [1.807, 2.05) is 46.9 Å². The summed E-state index contributed by atoms with van der Waals surface area (Å²) in [4.78, 5) is 0. The van der Waals surface area contributed by atoms with E-state index in [2.05, 4.69) is 17.1 Å². The lowest BCUT2D eigenvalue weighted by atomic mass is 9.97. The van der Waals surface area contributed by atoms with Crippen molar-refractivity contribution in [3.63, 3.8) is 0 Å². The Balaban J connectivity index is 2.10. The first-order chi connectivity index (χ1) is 11.2. The van der Waals surface area contributed by atoms with Crippen LogP contribution in [0.4, 0.5) is 5.69 Å². The maximum Gasteiger partial charge on any atom is 0.169 e. The molecule has 0 bridgehead atoms. The van der Waals surface area contributed by atoms with Crippen molar-refractivity contribution in [2.45, 2.75) is 6.92 Å². The number of fused-ring (bicyclic) bond motifs is 3. The Labute approximate surface area is 133 Å². The van der Waals surface area contributed by atoms with E-state index >= 15 is 0 Å². The van der Waals surface area contributed by atoms with Gasteiger partial charge in [0, 0.05) is 16.6 Å². The van der Waals surface area contributed by atoms with E-state index < -0.39 is 0 Å². The largest absolute Gasteiger partial charge is 0.497 e. The number of nitrogen functional groups attached to an aromatic ring is 1. The maximum absolute atomic E-state index is 5.98. The molecule has 0 fully saturated rings. The Hall–Kier alpha value is -3.08. The molecule has 0 radical (unpaired) electrons. The maximum atomic E-state index is 5.98. The first kappa shape index (κ1) is 13.6. The fraction of sp³-hybridized carbons (Fsp3) is 0.111. The SMILES string of the molecule is COc1ccc(-c2c(C)c3cc(N)ccc3n3cnnc23)cc1. The van der Waals surface area contributed by atoms with Gasteiger partial charge in [-0.2, -0.15) is 0 Å². The van der Waals surface area contributed by atoms with Crippen LogP contribution in [0.2, 0.25) is 0 Å². The summed E-state index contributed by atoms with van der Waals surface area (Å²) in [5, 5.41) is 9.51. The molecule has 0 spiro atoms. The van der Waals surface area contributed by atoms with Crippen LogP contribution in [-0.2, 0) is 0 Å². The summed E-state index contributed by atoms with van der Waals surface area (Å²) in [6.45, 7) is 2.09. The molecular formula is C18H16N4O. The number of anilines is 1. The lowest BCUT2D eigenvalue weighted by Gasteiger charge is -2.13. The van der Waals surface area contributed by atoms with Crippen molar-refractivity contribution >= 4 is 22.2 Å². The standard InChI is InChI=1S/C18H16N4O/c1-11-15-9-13(19)5-8-16(15)22-10-20-21-18(22)17(11)12-3-6-14(23-2)7-4-12/h3-10H,19H2,1-2H3. The summed E-state index contributed by atoms with van der Waals surface area (Å²) in [6, 6.07) is 13.9. The molecule has 0 aliphatic heterocycles. The third-order valence-corrected chi connectivity index (χ3v) is 4.21. The molecule has 23 heavy (non-hydrogen) atoms. The number of ether oxygens (including phenoxy) is 1. The number of nitrogens with zero attached hydrogens (tertiary/aromatic N) is 3. The molecule has 2 aromatic carbocycles. The highest BCUT2D eigenvalue weighted by Crippen LogP contribution is 2.34. The van der Waals surface area contributed by atoms with Gasteiger partial charge >= 0.3 is 0 Å². The van der Waals surface area contributed by atoms with Gasteiger partial charge in [-0.1, -0.05) is 12.1 Å². The average Bonchev–Trinajstić information content (AvgIpc) is 3.05. The third kappa shape index (κ3) is 2.01. The lowest BCUT2D eigenvalue weighted by molar-refractivity contribution is 0.415. The Kier molecular flexibility index (Phi) is 2.94. The van der Waals surface area contributed by atoms with Crippen molar-refractivity contribution in [3.05, 3.63) is 54.4 Å². The molecule has 5 nitrogen and oxygen atoms in total. The number of nitrogens with two attached hydrogens (primary N) is 1. The number of rotatable bonds is 2. The number of aryl methyl sites for hydroxylation is 1. The summed E-state index contributed by atoms with van der Waals surface area (Å²) in [6.07, 6.45) is 1.74. The van der Waals surface area contributed by atoms with Crippen LogP contribution in [0.5, 0.6) is 5.75 Å². The molecular weight excluding hydrogens is 288 g/mol. The first-order valence-electron chi connectivity index (χ1n) is 7.35. The lowest BCUT2D eigenvalue weighted by Crippen LogP contribution is -1.97. The molecule has 2 N–H and O–H groups in total. The van der Waals surface area contributed by atoms with E-state index in [1.54, 1.807) is 13.4 Å². The number of hydrogen-bond donors (Lipinski definition) is 1. The smallest absolute Gasteiger partial charge is 0.169 e. The van der Waals surface area contributed by atoms with Gasteiger partial charge in [0.05, 0.1) is 12.6 Å². The first-order valence-corrected chi connectivity index (χ1v) is 7.35. The van der Waals surface area contributed by atoms with Gasteiger partial charge in [0.15, 0.2) is 5.65 Å². The highest BCUT2D eigenvalue weighted by molar-refractivity contribution is 5.96. The molecule has 4 rings (SSSR count). The van der Waals surface area contributed by atoms with E-state index in [9.17, 15) is 0 Å². The number of aromatic nitrogens is 3. The van der Waals surface area contributed by atoms with E-state index in [-0.39, 0.29) is 0 Å². The second-order valence-electron chi connectivity index (χ2n) is 5.53. The molecule has 0 amide bonds. The van der Waals surface area contributed by atoms with Gasteiger partial charge in [0.1, 0.15) is 12.1 Å². The van der Waals surface area contributed by atoms with Crippen molar-refractivity contribution < 1.29 is 4.74 Å². The predicted molar refractivity (Wildman–Crippen MR) is 91.6 cm³/mol. The molecule has 0 saturated heterocycles. The van der Waals surface area contributed by atoms with Gasteiger partial charge in [-0.15, -0.1) is 10.2 Å². The summed E-state index contributed by atoms with van der Waals surface area (Å²) in [5.41, 5.74) is 11.9. The average molecular weight is 304 g/mol. The van der Waals surface area contributed by atoms with Crippen molar-refractivity contribution in [1.29, 1.82) is 0 Å². The second-order valence-corrected chi connectivity index (χ2v) is 5.53. The zero-order valence-electron chi connectivity index (χ0n) is 12.9. The molecule has 0 atom stereocenters. The molecule has 5 heteroatoms. The fourth-order valence-electron chi connectivity index (χ4n) is 3.05. The van der Waals surface area contributed by atoms with Crippen LogP contribution in [0.15, 0.2) is 48.8 Å². The van der Waals surface area contributed by atoms with Crippen LogP contribution in [0.1, 0.15) is 5.56 Å². The van der Waals surface area contributed by atoms with Crippen LogP contribution < -0.4 is 10.5 Å². The van der Waals surface area contributed by atoms with Gasteiger partial charge in [0.2, 0.25) is 0 Å². The fourth-order valence-corrected chi connectivity index (χ4v) is 3.05. The Morgan fingerprint density at radius 2 is 1.87 bits per heavy atom. The molecule has 4 aromatic rings. The molecule has 0 unspecified atom stereocenters. The number of methoxy groups -OCH3 is 1. The zero-order valence-corrected chi connectivity index (χ0v) is 12.9. The Morgan fingerprint density at radius 3 is 2.61 bits per heavy atom. The topological polar surface area (TPSA) is 65.4 Å². The Morgan fingerprint density at radius 1 is 1.09 bits per heavy atom. The predicted octanol–water partition coefficient (Wildman–Crippen LogP) is 3.45. The minimum absolute atomic E-state index is 0.744. The monoisotopic (exact) mass is 304 g/mol. The zero-order chi connectivity index (χ0) is 16.0. The van der Waals surface area contributed by atoms with Crippen LogP contribution >= 0.6 is 0 Å². The minimum Gasteiger partial charge on any atom is -0.497 e. The molecule has 2 aromatic heterocycles. The molecule has 2 heterocycles. The van der Waals surface area contributed by atoms with E-state index in [0.29, 0.717) is 0 Å². The van der Waals surface area contributed by atoms with Gasteiger partial charge in [-0.25, -0.2) is 0 Å². The Bertz CT molecular complexity index is 1020. The number of benzene rings is 2. The highest BCUT2D eigenvalue weighted by atomic mass is 16.5. The summed E-state index contributed by atoms with van der Waals surface area (Å²) in [7, 11) is 1.66.